The molecule has 4 atom stereocenters. The van der Waals surface area contributed by atoms with Crippen molar-refractivity contribution < 1.29 is 38.1 Å². The summed E-state index contributed by atoms with van der Waals surface area (Å²) in [7, 11) is 2.52. The molecule has 162 valence electrons. The summed E-state index contributed by atoms with van der Waals surface area (Å²) in [5, 5.41) is 0. The molecular weight excluding hydrogens is 504 g/mol. The monoisotopic (exact) mass is 530 g/mol. The number of carbonyl (C=O) groups excluding carboxylic acids is 4. The van der Waals surface area contributed by atoms with Gasteiger partial charge < -0.3 is 18.9 Å². The van der Waals surface area contributed by atoms with Crippen LogP contribution in [-0.4, -0.2) is 61.0 Å². The summed E-state index contributed by atoms with van der Waals surface area (Å²) < 4.78 is 19.5. The topological polar surface area (TPSA) is 105 Å². The Balaban J connectivity index is 5.19. The Morgan fingerprint density at radius 3 is 1.25 bits per heavy atom. The molecule has 0 rings (SSSR count). The zero-order valence-electron chi connectivity index (χ0n) is 16.6. The summed E-state index contributed by atoms with van der Waals surface area (Å²) in [4.78, 5) is 46.5. The molecule has 0 aliphatic heterocycles. The summed E-state index contributed by atoms with van der Waals surface area (Å²) in [6.07, 6.45) is 0.885. The summed E-state index contributed by atoms with van der Waals surface area (Å²) in [6, 6.07) is 0. The maximum atomic E-state index is 12.3. The number of hydrogen-bond acceptors (Lipinski definition) is 8. The average molecular weight is 532 g/mol. The molecule has 0 saturated heterocycles. The molecule has 28 heavy (non-hydrogen) atoms. The summed E-state index contributed by atoms with van der Waals surface area (Å²) >= 11 is 6.42. The first kappa shape index (κ1) is 26.8. The molecule has 0 aromatic rings. The van der Waals surface area contributed by atoms with Crippen LogP contribution in [-0.2, 0) is 38.1 Å². The molecule has 0 spiro atoms. The fraction of sp³-hybridized carbons (Fsp3) is 0.778. The molecule has 8 nitrogen and oxygen atoms in total. The van der Waals surface area contributed by atoms with Crippen LogP contribution < -0.4 is 0 Å². The number of carbonyl (C=O) groups is 4. The fourth-order valence-corrected chi connectivity index (χ4v) is 3.81. The van der Waals surface area contributed by atoms with Gasteiger partial charge in [0, 0.05) is 0 Å². The van der Waals surface area contributed by atoms with E-state index in [0.29, 0.717) is 0 Å². The van der Waals surface area contributed by atoms with Crippen molar-refractivity contribution in [2.24, 2.45) is 11.8 Å². The molecule has 0 aliphatic carbocycles. The fourth-order valence-electron chi connectivity index (χ4n) is 2.53. The van der Waals surface area contributed by atoms with Gasteiger partial charge in [-0.15, -0.1) is 0 Å². The minimum absolute atomic E-state index is 0.162. The molecular formula is C18H28Br2O8. The first-order valence-electron chi connectivity index (χ1n) is 8.98. The third kappa shape index (κ3) is 9.86. The van der Waals surface area contributed by atoms with Crippen molar-refractivity contribution in [2.75, 3.05) is 27.4 Å². The van der Waals surface area contributed by atoms with E-state index in [0.717, 1.165) is 0 Å². The quantitative estimate of drug-likeness (QED) is 0.203. The Bertz CT molecular complexity index is 480. The maximum absolute atomic E-state index is 12.3. The predicted octanol–water partition coefficient (Wildman–Crippen LogP) is 2.78. The van der Waals surface area contributed by atoms with Gasteiger partial charge in [0.15, 0.2) is 0 Å². The first-order chi connectivity index (χ1) is 13.2. The molecule has 10 heteroatoms. The highest BCUT2D eigenvalue weighted by Gasteiger charge is 2.31. The van der Waals surface area contributed by atoms with Gasteiger partial charge in [0.1, 0.15) is 9.65 Å². The third-order valence-corrected chi connectivity index (χ3v) is 5.50. The minimum atomic E-state index is -0.674. The van der Waals surface area contributed by atoms with Crippen LogP contribution in [0.15, 0.2) is 0 Å². The van der Waals surface area contributed by atoms with Crippen LogP contribution in [0.3, 0.4) is 0 Å². The Morgan fingerprint density at radius 2 is 1.00 bits per heavy atom. The van der Waals surface area contributed by atoms with E-state index in [-0.39, 0.29) is 38.9 Å². The van der Waals surface area contributed by atoms with E-state index < -0.39 is 45.4 Å². The van der Waals surface area contributed by atoms with Crippen molar-refractivity contribution in [2.45, 2.75) is 49.2 Å². The molecule has 0 bridgehead atoms. The highest BCUT2D eigenvalue weighted by Crippen LogP contribution is 2.27. The second-order valence-electron chi connectivity index (χ2n) is 5.93. The zero-order valence-corrected chi connectivity index (χ0v) is 19.7. The van der Waals surface area contributed by atoms with Gasteiger partial charge in [-0.2, -0.15) is 0 Å². The van der Waals surface area contributed by atoms with E-state index in [9.17, 15) is 19.2 Å². The molecule has 0 fully saturated rings. The summed E-state index contributed by atoms with van der Waals surface area (Å²) in [5.41, 5.74) is 0. The molecule has 4 unspecified atom stereocenters. The highest BCUT2D eigenvalue weighted by atomic mass is 79.9. The normalized spacial score (nSPS) is 14.9. The van der Waals surface area contributed by atoms with Crippen molar-refractivity contribution >= 4 is 55.7 Å². The molecule has 0 aliphatic rings. The second kappa shape index (κ2) is 14.8. The van der Waals surface area contributed by atoms with Gasteiger partial charge in [0.25, 0.3) is 0 Å². The molecule has 0 saturated carbocycles. The first-order valence-corrected chi connectivity index (χ1v) is 10.8. The van der Waals surface area contributed by atoms with Crippen LogP contribution in [0.5, 0.6) is 0 Å². The van der Waals surface area contributed by atoms with Gasteiger partial charge in [-0.05, 0) is 39.5 Å². The van der Waals surface area contributed by atoms with Crippen molar-refractivity contribution in [1.82, 2.24) is 0 Å². The number of ether oxygens (including phenoxy) is 4. The predicted molar refractivity (Wildman–Crippen MR) is 108 cm³/mol. The van der Waals surface area contributed by atoms with Crippen LogP contribution >= 0.6 is 31.9 Å². The van der Waals surface area contributed by atoms with Gasteiger partial charge in [-0.3, -0.25) is 19.2 Å². The third-order valence-electron chi connectivity index (χ3n) is 4.00. The SMILES string of the molecule is CCOC(=O)C(CCC(CC(Br)C(=O)OC)C(=O)OCC)CC(Br)C(=O)OC. The number of hydrogen-bond donors (Lipinski definition) is 0. The van der Waals surface area contributed by atoms with Gasteiger partial charge in [0.05, 0.1) is 39.3 Å². The van der Waals surface area contributed by atoms with Gasteiger partial charge in [-0.25, -0.2) is 0 Å². The maximum Gasteiger partial charge on any atom is 0.319 e. The number of esters is 4. The van der Waals surface area contributed by atoms with Crippen LogP contribution in [0, 0.1) is 11.8 Å². The van der Waals surface area contributed by atoms with E-state index in [1.807, 2.05) is 0 Å². The van der Waals surface area contributed by atoms with E-state index in [4.69, 9.17) is 9.47 Å². The van der Waals surface area contributed by atoms with E-state index >= 15 is 0 Å². The largest absolute Gasteiger partial charge is 0.468 e. The zero-order chi connectivity index (χ0) is 21.7. The molecule has 0 aromatic carbocycles. The number of halogens is 2. The Kier molecular flexibility index (Phi) is 14.2. The molecule has 0 N–H and O–H groups in total. The lowest BCUT2D eigenvalue weighted by Crippen LogP contribution is -2.29. The summed E-state index contributed by atoms with van der Waals surface area (Å²) in [5.74, 6) is -3.15. The van der Waals surface area contributed by atoms with E-state index in [2.05, 4.69) is 41.3 Å². The number of rotatable bonds is 13. The standard InChI is InChI=1S/C18H28Br2O8/c1-5-27-15(21)11(9-13(19)17(23)25-3)7-8-12(16(22)28-6-2)10-14(20)18(24)26-4/h11-14H,5-10H2,1-4H3. The molecule has 0 amide bonds. The van der Waals surface area contributed by atoms with Gasteiger partial charge in [-0.1, -0.05) is 31.9 Å². The van der Waals surface area contributed by atoms with Gasteiger partial charge >= 0.3 is 23.9 Å². The van der Waals surface area contributed by atoms with E-state index in [1.165, 1.54) is 14.2 Å². The van der Waals surface area contributed by atoms with Crippen molar-refractivity contribution in [3.8, 4) is 0 Å². The van der Waals surface area contributed by atoms with Crippen molar-refractivity contribution in [3.05, 3.63) is 0 Å². The molecule has 0 radical (unpaired) electrons. The van der Waals surface area contributed by atoms with E-state index in [1.54, 1.807) is 13.8 Å². The van der Waals surface area contributed by atoms with Crippen LogP contribution in [0.4, 0.5) is 0 Å². The molecule has 0 heterocycles. The van der Waals surface area contributed by atoms with Gasteiger partial charge in [0.2, 0.25) is 0 Å². The number of methoxy groups -OCH3 is 2. The van der Waals surface area contributed by atoms with Crippen molar-refractivity contribution in [1.29, 1.82) is 0 Å². The number of alkyl halides is 2. The Hall–Kier alpha value is -1.16. The van der Waals surface area contributed by atoms with Crippen molar-refractivity contribution in [3.63, 3.8) is 0 Å². The average Bonchev–Trinajstić information content (AvgIpc) is 2.68. The second-order valence-corrected chi connectivity index (χ2v) is 8.14. The van der Waals surface area contributed by atoms with Crippen LogP contribution in [0.1, 0.15) is 39.5 Å². The lowest BCUT2D eigenvalue weighted by molar-refractivity contribution is -0.152. The lowest BCUT2D eigenvalue weighted by Gasteiger charge is -2.21. The Morgan fingerprint density at radius 1 is 0.679 bits per heavy atom. The highest BCUT2D eigenvalue weighted by molar-refractivity contribution is 9.10. The Labute approximate surface area is 182 Å². The van der Waals surface area contributed by atoms with Crippen LogP contribution in [0.25, 0.3) is 0 Å². The minimum Gasteiger partial charge on any atom is -0.468 e. The van der Waals surface area contributed by atoms with Crippen LogP contribution in [0.2, 0.25) is 0 Å². The molecule has 0 aromatic heterocycles. The lowest BCUT2D eigenvalue weighted by atomic mass is 9.90. The summed E-state index contributed by atoms with van der Waals surface area (Å²) in [6.45, 7) is 3.78. The smallest absolute Gasteiger partial charge is 0.319 e.